The number of carbonyl (C=O) groups excluding carboxylic acids is 2. The Morgan fingerprint density at radius 1 is 1.26 bits per heavy atom. The molecule has 3 rings (SSSR count). The number of benzene rings is 1. The summed E-state index contributed by atoms with van der Waals surface area (Å²) in [4.78, 5) is 24.7. The van der Waals surface area contributed by atoms with Gasteiger partial charge in [0.25, 0.3) is 0 Å². The van der Waals surface area contributed by atoms with Gasteiger partial charge in [0, 0.05) is 19.0 Å². The number of rotatable bonds is 10. The van der Waals surface area contributed by atoms with Gasteiger partial charge in [0.1, 0.15) is 11.5 Å². The van der Waals surface area contributed by atoms with Crippen molar-refractivity contribution in [2.45, 2.75) is 18.1 Å². The molecule has 0 aliphatic rings. The number of hydrogen-bond acceptors (Lipinski definition) is 8. The zero-order valence-electron chi connectivity index (χ0n) is 16.8. The first kappa shape index (κ1) is 22.9. The fourth-order valence-electron chi connectivity index (χ4n) is 2.68. The molecule has 0 unspecified atom stereocenters. The Kier molecular flexibility index (Phi) is 7.77. The van der Waals surface area contributed by atoms with Gasteiger partial charge in [-0.15, -0.1) is 21.5 Å². The number of nitrogens with one attached hydrogen (secondary N) is 1. The number of aromatic nitrogens is 3. The second-order valence-electron chi connectivity index (χ2n) is 6.18. The predicted molar refractivity (Wildman–Crippen MR) is 121 cm³/mol. The standard InChI is InChI=1S/C19H20ClN5O4S2/c1-28-13-9-14(29-2)12(8-11(13)20)22-17(27)10-31-19-24-23-18(15-4-3-7-30-15)25(19)6-5-16(21)26/h3-4,7-9H,5-6,10H2,1-2H3,(H2,21,26)(H,22,27). The van der Waals surface area contributed by atoms with Crippen molar-refractivity contribution in [1.82, 2.24) is 14.8 Å². The maximum absolute atomic E-state index is 12.5. The molecule has 2 aromatic heterocycles. The first-order valence-electron chi connectivity index (χ1n) is 9.02. The summed E-state index contributed by atoms with van der Waals surface area (Å²) >= 11 is 8.86. The minimum absolute atomic E-state index is 0.0615. The van der Waals surface area contributed by atoms with Crippen molar-refractivity contribution >= 4 is 52.2 Å². The average Bonchev–Trinajstić information content (AvgIpc) is 3.40. The third-order valence-corrected chi connectivity index (χ3v) is 6.25. The number of amides is 2. The van der Waals surface area contributed by atoms with Gasteiger partial charge in [-0.05, 0) is 17.5 Å². The lowest BCUT2D eigenvalue weighted by molar-refractivity contribution is -0.118. The number of thiophene rings is 1. The van der Waals surface area contributed by atoms with Crippen LogP contribution in [-0.2, 0) is 16.1 Å². The molecule has 0 aliphatic carbocycles. The molecular formula is C19H20ClN5O4S2. The van der Waals surface area contributed by atoms with Crippen LogP contribution in [0.2, 0.25) is 5.02 Å². The molecule has 0 aliphatic heterocycles. The van der Waals surface area contributed by atoms with Crippen molar-refractivity contribution in [1.29, 1.82) is 0 Å². The highest BCUT2D eigenvalue weighted by Crippen LogP contribution is 2.36. The summed E-state index contributed by atoms with van der Waals surface area (Å²) in [5, 5.41) is 14.0. The molecule has 0 radical (unpaired) electrons. The number of halogens is 1. The normalized spacial score (nSPS) is 10.7. The summed E-state index contributed by atoms with van der Waals surface area (Å²) in [5.41, 5.74) is 5.73. The Bertz CT molecular complexity index is 1070. The highest BCUT2D eigenvalue weighted by atomic mass is 35.5. The smallest absolute Gasteiger partial charge is 0.234 e. The molecule has 31 heavy (non-hydrogen) atoms. The van der Waals surface area contributed by atoms with Crippen molar-refractivity contribution in [3.05, 3.63) is 34.7 Å². The molecule has 3 aromatic rings. The van der Waals surface area contributed by atoms with Gasteiger partial charge < -0.3 is 25.1 Å². The summed E-state index contributed by atoms with van der Waals surface area (Å²) in [6.07, 6.45) is 0.137. The molecule has 9 nitrogen and oxygen atoms in total. The third-order valence-electron chi connectivity index (χ3n) is 4.12. The van der Waals surface area contributed by atoms with Gasteiger partial charge in [-0.1, -0.05) is 29.4 Å². The third kappa shape index (κ3) is 5.69. The predicted octanol–water partition coefficient (Wildman–Crippen LogP) is 3.28. The average molecular weight is 482 g/mol. The van der Waals surface area contributed by atoms with Crippen LogP contribution in [0.5, 0.6) is 11.5 Å². The molecule has 0 bridgehead atoms. The number of primary amides is 1. The fraction of sp³-hybridized carbons (Fsp3) is 0.263. The summed E-state index contributed by atoms with van der Waals surface area (Å²) in [7, 11) is 2.98. The Hall–Kier alpha value is -2.76. The SMILES string of the molecule is COc1cc(OC)c(NC(=O)CSc2nnc(-c3cccs3)n2CCC(N)=O)cc1Cl. The summed E-state index contributed by atoms with van der Waals surface area (Å²) in [6.45, 7) is 0.321. The van der Waals surface area contributed by atoms with E-state index >= 15 is 0 Å². The first-order valence-corrected chi connectivity index (χ1v) is 11.3. The Labute approximate surface area is 191 Å². The lowest BCUT2D eigenvalue weighted by atomic mass is 10.2. The van der Waals surface area contributed by atoms with Gasteiger partial charge in [0.15, 0.2) is 11.0 Å². The van der Waals surface area contributed by atoms with E-state index in [-0.39, 0.29) is 18.1 Å². The number of carbonyl (C=O) groups is 2. The molecule has 164 valence electrons. The van der Waals surface area contributed by atoms with Crippen LogP contribution in [0.4, 0.5) is 5.69 Å². The highest BCUT2D eigenvalue weighted by molar-refractivity contribution is 7.99. The van der Waals surface area contributed by atoms with E-state index in [0.29, 0.717) is 39.7 Å². The quantitative estimate of drug-likeness (QED) is 0.426. The van der Waals surface area contributed by atoms with Crippen molar-refractivity contribution in [3.8, 4) is 22.2 Å². The van der Waals surface area contributed by atoms with E-state index in [1.165, 1.54) is 37.3 Å². The van der Waals surface area contributed by atoms with Crippen LogP contribution in [0.3, 0.4) is 0 Å². The lowest BCUT2D eigenvalue weighted by Crippen LogP contribution is -2.17. The van der Waals surface area contributed by atoms with Crippen LogP contribution in [0, 0.1) is 0 Å². The summed E-state index contributed by atoms with van der Waals surface area (Å²) < 4.78 is 12.2. The Balaban J connectivity index is 1.73. The van der Waals surface area contributed by atoms with E-state index in [0.717, 1.165) is 4.88 Å². The van der Waals surface area contributed by atoms with E-state index < -0.39 is 5.91 Å². The Morgan fingerprint density at radius 3 is 2.68 bits per heavy atom. The first-order chi connectivity index (χ1) is 14.9. The van der Waals surface area contributed by atoms with Gasteiger partial charge >= 0.3 is 0 Å². The fourth-order valence-corrected chi connectivity index (χ4v) is 4.40. The maximum Gasteiger partial charge on any atom is 0.234 e. The lowest BCUT2D eigenvalue weighted by Gasteiger charge is -2.13. The zero-order chi connectivity index (χ0) is 22.4. The van der Waals surface area contributed by atoms with E-state index in [1.807, 2.05) is 17.5 Å². The molecule has 0 spiro atoms. The van der Waals surface area contributed by atoms with Crippen molar-refractivity contribution in [3.63, 3.8) is 0 Å². The van der Waals surface area contributed by atoms with E-state index in [4.69, 9.17) is 26.8 Å². The monoisotopic (exact) mass is 481 g/mol. The van der Waals surface area contributed by atoms with Crippen LogP contribution >= 0.6 is 34.7 Å². The molecule has 0 saturated heterocycles. The maximum atomic E-state index is 12.5. The van der Waals surface area contributed by atoms with Crippen molar-refractivity contribution in [2.24, 2.45) is 5.73 Å². The van der Waals surface area contributed by atoms with Crippen LogP contribution in [0.1, 0.15) is 6.42 Å². The van der Waals surface area contributed by atoms with Crippen molar-refractivity contribution < 1.29 is 19.1 Å². The van der Waals surface area contributed by atoms with Crippen LogP contribution in [-0.4, -0.2) is 46.6 Å². The molecule has 3 N–H and O–H groups in total. The number of nitrogens with zero attached hydrogens (tertiary/aromatic N) is 3. The Morgan fingerprint density at radius 2 is 2.03 bits per heavy atom. The zero-order valence-corrected chi connectivity index (χ0v) is 19.1. The minimum Gasteiger partial charge on any atom is -0.495 e. The second-order valence-corrected chi connectivity index (χ2v) is 8.47. The number of methoxy groups -OCH3 is 2. The summed E-state index contributed by atoms with van der Waals surface area (Å²) in [6, 6.07) is 6.97. The molecule has 2 amide bonds. The molecule has 12 heteroatoms. The molecule has 2 heterocycles. The largest absolute Gasteiger partial charge is 0.495 e. The van der Waals surface area contributed by atoms with E-state index in [1.54, 1.807) is 16.7 Å². The molecule has 0 fully saturated rings. The number of ether oxygens (including phenoxy) is 2. The van der Waals surface area contributed by atoms with E-state index in [9.17, 15) is 9.59 Å². The molecular weight excluding hydrogens is 462 g/mol. The second kappa shape index (κ2) is 10.5. The molecule has 0 atom stereocenters. The highest BCUT2D eigenvalue weighted by Gasteiger charge is 2.18. The number of anilines is 1. The topological polar surface area (TPSA) is 121 Å². The van der Waals surface area contributed by atoms with Gasteiger partial charge in [-0.2, -0.15) is 0 Å². The number of thioether (sulfide) groups is 1. The van der Waals surface area contributed by atoms with Crippen LogP contribution < -0.4 is 20.5 Å². The van der Waals surface area contributed by atoms with E-state index in [2.05, 4.69) is 15.5 Å². The van der Waals surface area contributed by atoms with Gasteiger partial charge in [0.05, 0.1) is 35.6 Å². The number of hydrogen-bond donors (Lipinski definition) is 2. The molecule has 0 saturated carbocycles. The number of nitrogens with two attached hydrogens (primary N) is 1. The van der Waals surface area contributed by atoms with Gasteiger partial charge in [-0.25, -0.2) is 0 Å². The summed E-state index contributed by atoms with van der Waals surface area (Å²) in [5.74, 6) is 0.836. The van der Waals surface area contributed by atoms with Gasteiger partial charge in [-0.3, -0.25) is 9.59 Å². The van der Waals surface area contributed by atoms with Crippen molar-refractivity contribution in [2.75, 3.05) is 25.3 Å². The van der Waals surface area contributed by atoms with Gasteiger partial charge in [0.2, 0.25) is 11.8 Å². The minimum atomic E-state index is -0.428. The van der Waals surface area contributed by atoms with Crippen LogP contribution in [0.25, 0.3) is 10.7 Å². The van der Waals surface area contributed by atoms with Crippen LogP contribution in [0.15, 0.2) is 34.8 Å². The molecule has 1 aromatic carbocycles.